The lowest BCUT2D eigenvalue weighted by Gasteiger charge is -2.13. The van der Waals surface area contributed by atoms with Gasteiger partial charge in [-0.3, -0.25) is 4.79 Å². The summed E-state index contributed by atoms with van der Waals surface area (Å²) < 4.78 is 4.63. The Kier molecular flexibility index (Phi) is 4.31. The Morgan fingerprint density at radius 3 is 2.47 bits per heavy atom. The second-order valence-corrected chi connectivity index (χ2v) is 3.62. The van der Waals surface area contributed by atoms with Crippen molar-refractivity contribution >= 4 is 5.97 Å². The molecule has 3 heteroatoms. The maximum atomic E-state index is 11.1. The molecule has 1 aromatic rings. The fourth-order valence-electron chi connectivity index (χ4n) is 1.46. The second kappa shape index (κ2) is 5.51. The first-order chi connectivity index (χ1) is 7.17. The van der Waals surface area contributed by atoms with Crippen molar-refractivity contribution in [2.75, 3.05) is 13.7 Å². The minimum atomic E-state index is -0.217. The Balaban J connectivity index is 2.74. The lowest BCUT2D eigenvalue weighted by atomic mass is 9.95. The van der Waals surface area contributed by atoms with E-state index in [1.165, 1.54) is 12.7 Å². The molecular formula is C12H17NO2. The van der Waals surface area contributed by atoms with Crippen LogP contribution in [0, 0.1) is 6.92 Å². The van der Waals surface area contributed by atoms with Crippen LogP contribution in [0.1, 0.15) is 23.5 Å². The van der Waals surface area contributed by atoms with Gasteiger partial charge in [0.1, 0.15) is 0 Å². The van der Waals surface area contributed by atoms with Gasteiger partial charge in [-0.1, -0.05) is 29.8 Å². The standard InChI is InChI=1S/C12H17NO2/c1-9-3-5-10(6-4-9)11(8-13)7-12(14)15-2/h3-6,11H,7-8,13H2,1-2H3/t11-/m1/s1. The van der Waals surface area contributed by atoms with E-state index in [1.54, 1.807) is 0 Å². The van der Waals surface area contributed by atoms with E-state index in [4.69, 9.17) is 5.73 Å². The van der Waals surface area contributed by atoms with Crippen LogP contribution in [0.4, 0.5) is 0 Å². The number of carbonyl (C=O) groups excluding carboxylic acids is 1. The molecule has 1 rings (SSSR count). The van der Waals surface area contributed by atoms with E-state index in [1.807, 2.05) is 31.2 Å². The molecule has 3 nitrogen and oxygen atoms in total. The summed E-state index contributed by atoms with van der Waals surface area (Å²) in [5.74, 6) is -0.163. The Morgan fingerprint density at radius 2 is 2.00 bits per heavy atom. The maximum Gasteiger partial charge on any atom is 0.306 e. The van der Waals surface area contributed by atoms with Gasteiger partial charge in [0, 0.05) is 5.92 Å². The molecule has 0 saturated heterocycles. The summed E-state index contributed by atoms with van der Waals surface area (Å²) >= 11 is 0. The monoisotopic (exact) mass is 207 g/mol. The quantitative estimate of drug-likeness (QED) is 0.763. The van der Waals surface area contributed by atoms with Gasteiger partial charge in [0.15, 0.2) is 0 Å². The first kappa shape index (κ1) is 11.7. The van der Waals surface area contributed by atoms with E-state index < -0.39 is 0 Å². The second-order valence-electron chi connectivity index (χ2n) is 3.62. The van der Waals surface area contributed by atoms with E-state index >= 15 is 0 Å². The van der Waals surface area contributed by atoms with Crippen LogP contribution in [0.5, 0.6) is 0 Å². The van der Waals surface area contributed by atoms with Gasteiger partial charge in [-0.15, -0.1) is 0 Å². The minimum absolute atomic E-state index is 0.0537. The smallest absolute Gasteiger partial charge is 0.306 e. The Labute approximate surface area is 90.2 Å². The van der Waals surface area contributed by atoms with Gasteiger partial charge < -0.3 is 10.5 Å². The third-order valence-electron chi connectivity index (χ3n) is 2.47. The molecule has 0 unspecified atom stereocenters. The molecule has 15 heavy (non-hydrogen) atoms. The van der Waals surface area contributed by atoms with Gasteiger partial charge in [-0.2, -0.15) is 0 Å². The van der Waals surface area contributed by atoms with Crippen LogP contribution in [0.15, 0.2) is 24.3 Å². The Bertz CT molecular complexity index is 319. The van der Waals surface area contributed by atoms with Crippen molar-refractivity contribution in [3.8, 4) is 0 Å². The molecule has 1 atom stereocenters. The Hall–Kier alpha value is -1.35. The molecule has 0 saturated carbocycles. The van der Waals surface area contributed by atoms with Crippen molar-refractivity contribution in [1.29, 1.82) is 0 Å². The highest BCUT2D eigenvalue weighted by atomic mass is 16.5. The summed E-state index contributed by atoms with van der Waals surface area (Å²) in [7, 11) is 1.39. The summed E-state index contributed by atoms with van der Waals surface area (Å²) in [5, 5.41) is 0. The number of aryl methyl sites for hydroxylation is 1. The zero-order chi connectivity index (χ0) is 11.3. The molecule has 0 heterocycles. The van der Waals surface area contributed by atoms with Crippen LogP contribution < -0.4 is 5.73 Å². The molecule has 0 aliphatic carbocycles. The van der Waals surface area contributed by atoms with Gasteiger partial charge in [-0.05, 0) is 19.0 Å². The molecule has 0 fully saturated rings. The summed E-state index contributed by atoms with van der Waals surface area (Å²) in [5.41, 5.74) is 7.93. The van der Waals surface area contributed by atoms with Gasteiger partial charge in [-0.25, -0.2) is 0 Å². The van der Waals surface area contributed by atoms with Gasteiger partial charge >= 0.3 is 5.97 Å². The van der Waals surface area contributed by atoms with E-state index in [9.17, 15) is 4.79 Å². The zero-order valence-corrected chi connectivity index (χ0v) is 9.19. The molecular weight excluding hydrogens is 190 g/mol. The molecule has 0 bridgehead atoms. The lowest BCUT2D eigenvalue weighted by molar-refractivity contribution is -0.141. The van der Waals surface area contributed by atoms with E-state index in [-0.39, 0.29) is 11.9 Å². The van der Waals surface area contributed by atoms with E-state index in [2.05, 4.69) is 4.74 Å². The molecule has 2 N–H and O–H groups in total. The highest BCUT2D eigenvalue weighted by Gasteiger charge is 2.14. The largest absolute Gasteiger partial charge is 0.469 e. The topological polar surface area (TPSA) is 52.3 Å². The number of ether oxygens (including phenoxy) is 1. The average molecular weight is 207 g/mol. The van der Waals surface area contributed by atoms with Crippen molar-refractivity contribution in [3.63, 3.8) is 0 Å². The number of rotatable bonds is 4. The first-order valence-electron chi connectivity index (χ1n) is 5.00. The molecule has 0 amide bonds. The van der Waals surface area contributed by atoms with Crippen LogP contribution in [-0.4, -0.2) is 19.6 Å². The normalized spacial score (nSPS) is 12.2. The molecule has 0 aromatic heterocycles. The Morgan fingerprint density at radius 1 is 1.40 bits per heavy atom. The predicted molar refractivity (Wildman–Crippen MR) is 59.6 cm³/mol. The molecule has 0 aliphatic rings. The summed E-state index contributed by atoms with van der Waals surface area (Å²) in [6.07, 6.45) is 0.343. The van der Waals surface area contributed by atoms with Crippen molar-refractivity contribution in [2.45, 2.75) is 19.3 Å². The number of hydrogen-bond acceptors (Lipinski definition) is 3. The molecule has 0 radical (unpaired) electrons. The lowest BCUT2D eigenvalue weighted by Crippen LogP contribution is -2.17. The summed E-state index contributed by atoms with van der Waals surface area (Å²) in [6, 6.07) is 8.07. The third kappa shape index (κ3) is 3.36. The van der Waals surface area contributed by atoms with Crippen LogP contribution in [-0.2, 0) is 9.53 Å². The van der Waals surface area contributed by atoms with Crippen LogP contribution in [0.3, 0.4) is 0 Å². The average Bonchev–Trinajstić information content (AvgIpc) is 2.27. The predicted octanol–water partition coefficient (Wildman–Crippen LogP) is 1.60. The highest BCUT2D eigenvalue weighted by Crippen LogP contribution is 2.19. The number of carbonyl (C=O) groups is 1. The first-order valence-corrected chi connectivity index (χ1v) is 5.00. The minimum Gasteiger partial charge on any atom is -0.469 e. The summed E-state index contributed by atoms with van der Waals surface area (Å²) in [6.45, 7) is 2.49. The fourth-order valence-corrected chi connectivity index (χ4v) is 1.46. The van der Waals surface area contributed by atoms with E-state index in [0.717, 1.165) is 5.56 Å². The van der Waals surface area contributed by atoms with Gasteiger partial charge in [0.2, 0.25) is 0 Å². The molecule has 0 aliphatic heterocycles. The zero-order valence-electron chi connectivity index (χ0n) is 9.19. The third-order valence-corrected chi connectivity index (χ3v) is 2.47. The maximum absolute atomic E-state index is 11.1. The molecule has 1 aromatic carbocycles. The SMILES string of the molecule is COC(=O)C[C@H](CN)c1ccc(C)cc1. The summed E-state index contributed by atoms with van der Waals surface area (Å²) in [4.78, 5) is 11.1. The van der Waals surface area contributed by atoms with Crippen molar-refractivity contribution < 1.29 is 9.53 Å². The van der Waals surface area contributed by atoms with Gasteiger partial charge in [0.25, 0.3) is 0 Å². The number of methoxy groups -OCH3 is 1. The van der Waals surface area contributed by atoms with Crippen molar-refractivity contribution in [3.05, 3.63) is 35.4 Å². The molecule has 0 spiro atoms. The van der Waals surface area contributed by atoms with E-state index in [0.29, 0.717) is 13.0 Å². The van der Waals surface area contributed by atoms with Gasteiger partial charge in [0.05, 0.1) is 13.5 Å². The van der Waals surface area contributed by atoms with Crippen LogP contribution in [0.2, 0.25) is 0 Å². The van der Waals surface area contributed by atoms with Crippen LogP contribution >= 0.6 is 0 Å². The number of esters is 1. The fraction of sp³-hybridized carbons (Fsp3) is 0.417. The number of nitrogens with two attached hydrogens (primary N) is 1. The van der Waals surface area contributed by atoms with Crippen molar-refractivity contribution in [1.82, 2.24) is 0 Å². The highest BCUT2D eigenvalue weighted by molar-refractivity contribution is 5.70. The van der Waals surface area contributed by atoms with Crippen LogP contribution in [0.25, 0.3) is 0 Å². The number of benzene rings is 1. The van der Waals surface area contributed by atoms with Crippen molar-refractivity contribution in [2.24, 2.45) is 5.73 Å². The molecule has 82 valence electrons. The number of hydrogen-bond donors (Lipinski definition) is 1.